The van der Waals surface area contributed by atoms with E-state index in [1.165, 1.54) is 12.3 Å². The SMILES string of the molecule is O=S(=O)(Nc1nccs1)c1ccc(CO)cc1F. The summed E-state index contributed by atoms with van der Waals surface area (Å²) in [5.41, 5.74) is 0.306. The third kappa shape index (κ3) is 2.66. The summed E-state index contributed by atoms with van der Waals surface area (Å²) in [5, 5.41) is 10.6. The Balaban J connectivity index is 2.35. The van der Waals surface area contributed by atoms with Crippen molar-refractivity contribution in [2.75, 3.05) is 4.72 Å². The molecule has 0 amide bonds. The van der Waals surface area contributed by atoms with Crippen LogP contribution in [0.25, 0.3) is 0 Å². The summed E-state index contributed by atoms with van der Waals surface area (Å²) in [6.07, 6.45) is 1.44. The first-order valence-electron chi connectivity index (χ1n) is 4.84. The van der Waals surface area contributed by atoms with Crippen molar-refractivity contribution >= 4 is 26.5 Å². The highest BCUT2D eigenvalue weighted by molar-refractivity contribution is 7.93. The zero-order valence-corrected chi connectivity index (χ0v) is 10.6. The molecule has 0 atom stereocenters. The van der Waals surface area contributed by atoms with Crippen LogP contribution in [0.15, 0.2) is 34.7 Å². The number of anilines is 1. The number of aromatic nitrogens is 1. The fourth-order valence-corrected chi connectivity index (χ4v) is 3.15. The standard InChI is InChI=1S/C10H9FN2O3S2/c11-8-5-7(6-14)1-2-9(8)18(15,16)13-10-12-3-4-17-10/h1-5,14H,6H2,(H,12,13). The minimum Gasteiger partial charge on any atom is -0.392 e. The van der Waals surface area contributed by atoms with Crippen molar-refractivity contribution < 1.29 is 17.9 Å². The molecule has 1 aromatic heterocycles. The molecule has 2 aromatic rings. The Morgan fingerprint density at radius 3 is 2.78 bits per heavy atom. The molecule has 0 aliphatic rings. The molecule has 2 rings (SSSR count). The van der Waals surface area contributed by atoms with Gasteiger partial charge in [-0.1, -0.05) is 6.07 Å². The summed E-state index contributed by atoms with van der Waals surface area (Å²) in [4.78, 5) is 3.28. The molecule has 0 bridgehead atoms. The molecule has 0 unspecified atom stereocenters. The Hall–Kier alpha value is -1.51. The lowest BCUT2D eigenvalue weighted by molar-refractivity contribution is 0.281. The van der Waals surface area contributed by atoms with E-state index in [-0.39, 0.29) is 11.7 Å². The predicted octanol–water partition coefficient (Wildman–Crippen LogP) is 1.58. The minimum absolute atomic E-state index is 0.167. The van der Waals surface area contributed by atoms with Gasteiger partial charge < -0.3 is 5.11 Å². The Labute approximate surface area is 107 Å². The van der Waals surface area contributed by atoms with E-state index in [1.807, 2.05) is 0 Å². The summed E-state index contributed by atoms with van der Waals surface area (Å²) in [7, 11) is -4.00. The highest BCUT2D eigenvalue weighted by atomic mass is 32.2. The number of sulfonamides is 1. The van der Waals surface area contributed by atoms with Crippen molar-refractivity contribution in [3.8, 4) is 0 Å². The summed E-state index contributed by atoms with van der Waals surface area (Å²) in [6.45, 7) is -0.350. The maximum atomic E-state index is 13.6. The lowest BCUT2D eigenvalue weighted by atomic mass is 10.2. The van der Waals surface area contributed by atoms with Crippen LogP contribution >= 0.6 is 11.3 Å². The molecule has 0 saturated carbocycles. The van der Waals surface area contributed by atoms with Gasteiger partial charge in [0, 0.05) is 11.6 Å². The molecule has 5 nitrogen and oxygen atoms in total. The van der Waals surface area contributed by atoms with Gasteiger partial charge in [-0.3, -0.25) is 4.72 Å². The Kier molecular flexibility index (Phi) is 3.60. The number of thiazole rings is 1. The van der Waals surface area contributed by atoms with Gasteiger partial charge >= 0.3 is 0 Å². The molecular formula is C10H9FN2O3S2. The van der Waals surface area contributed by atoms with Crippen LogP contribution in [0.2, 0.25) is 0 Å². The van der Waals surface area contributed by atoms with Gasteiger partial charge in [-0.2, -0.15) is 0 Å². The molecule has 18 heavy (non-hydrogen) atoms. The van der Waals surface area contributed by atoms with Gasteiger partial charge in [0.2, 0.25) is 0 Å². The van der Waals surface area contributed by atoms with Gasteiger partial charge in [-0.05, 0) is 17.7 Å². The Morgan fingerprint density at radius 2 is 2.22 bits per heavy atom. The molecular weight excluding hydrogens is 279 g/mol. The van der Waals surface area contributed by atoms with Crippen molar-refractivity contribution in [1.29, 1.82) is 0 Å². The number of aliphatic hydroxyl groups is 1. The summed E-state index contributed by atoms with van der Waals surface area (Å²) < 4.78 is 39.5. The zero-order chi connectivity index (χ0) is 13.2. The van der Waals surface area contributed by atoms with Gasteiger partial charge in [0.1, 0.15) is 10.7 Å². The smallest absolute Gasteiger partial charge is 0.266 e. The van der Waals surface area contributed by atoms with Crippen LogP contribution in [0, 0.1) is 5.82 Å². The second-order valence-corrected chi connectivity index (χ2v) is 5.91. The van der Waals surface area contributed by atoms with Crippen molar-refractivity contribution in [3.05, 3.63) is 41.2 Å². The molecule has 2 N–H and O–H groups in total. The van der Waals surface area contributed by atoms with E-state index in [4.69, 9.17) is 5.11 Å². The minimum atomic E-state index is -4.00. The maximum Gasteiger partial charge on any atom is 0.266 e. The topological polar surface area (TPSA) is 79.3 Å². The van der Waals surface area contributed by atoms with Gasteiger partial charge in [-0.15, -0.1) is 11.3 Å². The average molecular weight is 288 g/mol. The number of hydrogen-bond donors (Lipinski definition) is 2. The molecule has 0 saturated heterocycles. The highest BCUT2D eigenvalue weighted by Gasteiger charge is 2.20. The third-order valence-corrected chi connectivity index (χ3v) is 4.31. The first-order chi connectivity index (χ1) is 8.53. The molecule has 1 aromatic carbocycles. The summed E-state index contributed by atoms with van der Waals surface area (Å²) >= 11 is 1.09. The molecule has 0 radical (unpaired) electrons. The lowest BCUT2D eigenvalue weighted by Crippen LogP contribution is -2.14. The Morgan fingerprint density at radius 1 is 1.44 bits per heavy atom. The summed E-state index contributed by atoms with van der Waals surface area (Å²) in [5.74, 6) is -0.911. The van der Waals surface area contributed by atoms with Gasteiger partial charge in [0.05, 0.1) is 6.61 Å². The van der Waals surface area contributed by atoms with E-state index >= 15 is 0 Å². The second-order valence-electron chi connectivity index (χ2n) is 3.37. The monoisotopic (exact) mass is 288 g/mol. The quantitative estimate of drug-likeness (QED) is 0.895. The van der Waals surface area contributed by atoms with Crippen molar-refractivity contribution in [2.24, 2.45) is 0 Å². The van der Waals surface area contributed by atoms with Gasteiger partial charge in [0.25, 0.3) is 10.0 Å². The number of benzene rings is 1. The average Bonchev–Trinajstić information content (AvgIpc) is 2.80. The second kappa shape index (κ2) is 5.01. The molecule has 96 valence electrons. The number of hydrogen-bond acceptors (Lipinski definition) is 5. The highest BCUT2D eigenvalue weighted by Crippen LogP contribution is 2.21. The zero-order valence-electron chi connectivity index (χ0n) is 9.00. The molecule has 0 aliphatic heterocycles. The van der Waals surface area contributed by atoms with Crippen molar-refractivity contribution in [2.45, 2.75) is 11.5 Å². The van der Waals surface area contributed by atoms with Crippen LogP contribution in [0.4, 0.5) is 9.52 Å². The molecule has 0 fully saturated rings. The number of rotatable bonds is 4. The van der Waals surface area contributed by atoms with E-state index in [0.717, 1.165) is 23.5 Å². The fourth-order valence-electron chi connectivity index (χ4n) is 1.30. The van der Waals surface area contributed by atoms with Crippen LogP contribution in [0.1, 0.15) is 5.56 Å². The number of nitrogens with zero attached hydrogens (tertiary/aromatic N) is 1. The number of halogens is 1. The van der Waals surface area contributed by atoms with E-state index in [1.54, 1.807) is 5.38 Å². The lowest BCUT2D eigenvalue weighted by Gasteiger charge is -2.07. The normalized spacial score (nSPS) is 11.4. The molecule has 0 spiro atoms. The first kappa shape index (κ1) is 12.9. The van der Waals surface area contributed by atoms with E-state index in [0.29, 0.717) is 5.56 Å². The number of aliphatic hydroxyl groups excluding tert-OH is 1. The largest absolute Gasteiger partial charge is 0.392 e. The summed E-state index contributed by atoms with van der Waals surface area (Å²) in [6, 6.07) is 3.44. The van der Waals surface area contributed by atoms with Crippen LogP contribution in [0.3, 0.4) is 0 Å². The molecule has 0 aliphatic carbocycles. The van der Waals surface area contributed by atoms with Crippen LogP contribution in [0.5, 0.6) is 0 Å². The van der Waals surface area contributed by atoms with Crippen LogP contribution < -0.4 is 4.72 Å². The van der Waals surface area contributed by atoms with Gasteiger partial charge in [-0.25, -0.2) is 17.8 Å². The third-order valence-electron chi connectivity index (χ3n) is 2.12. The van der Waals surface area contributed by atoms with E-state index in [9.17, 15) is 12.8 Å². The maximum absolute atomic E-state index is 13.6. The molecule has 1 heterocycles. The fraction of sp³-hybridized carbons (Fsp3) is 0.100. The molecule has 8 heteroatoms. The van der Waals surface area contributed by atoms with Crippen LogP contribution in [-0.4, -0.2) is 18.5 Å². The number of nitrogens with one attached hydrogen (secondary N) is 1. The first-order valence-corrected chi connectivity index (χ1v) is 7.21. The van der Waals surface area contributed by atoms with Crippen molar-refractivity contribution in [1.82, 2.24) is 4.98 Å². The van der Waals surface area contributed by atoms with E-state index < -0.39 is 20.7 Å². The Bertz CT molecular complexity index is 641. The van der Waals surface area contributed by atoms with E-state index in [2.05, 4.69) is 9.71 Å². The van der Waals surface area contributed by atoms with Crippen molar-refractivity contribution in [3.63, 3.8) is 0 Å². The predicted molar refractivity (Wildman–Crippen MR) is 65.2 cm³/mol. The van der Waals surface area contributed by atoms with Gasteiger partial charge in [0.15, 0.2) is 5.13 Å². The van der Waals surface area contributed by atoms with Crippen LogP contribution in [-0.2, 0) is 16.6 Å².